The molecule has 0 saturated heterocycles. The van der Waals surface area contributed by atoms with Crippen molar-refractivity contribution in [1.82, 2.24) is 4.90 Å². The van der Waals surface area contributed by atoms with Gasteiger partial charge in [0.15, 0.2) is 0 Å². The molecule has 0 saturated carbocycles. The quantitative estimate of drug-likeness (QED) is 0.0414. The van der Waals surface area contributed by atoms with Crippen molar-refractivity contribution in [2.75, 3.05) is 19.7 Å². The summed E-state index contributed by atoms with van der Waals surface area (Å²) in [6.45, 7) is 11.2. The van der Waals surface area contributed by atoms with Gasteiger partial charge in [-0.2, -0.15) is 0 Å². The van der Waals surface area contributed by atoms with E-state index >= 15 is 0 Å². The average Bonchev–Trinajstić information content (AvgIpc) is 3.01. The van der Waals surface area contributed by atoms with Gasteiger partial charge in [0.2, 0.25) is 0 Å². The van der Waals surface area contributed by atoms with Crippen LogP contribution >= 0.6 is 7.82 Å². The number of rotatable bonds is 37. The summed E-state index contributed by atoms with van der Waals surface area (Å²) < 4.78 is 24.8. The lowest BCUT2D eigenvalue weighted by molar-refractivity contribution is -0.0135. The van der Waals surface area contributed by atoms with E-state index in [4.69, 9.17) is 9.05 Å². The van der Waals surface area contributed by atoms with Crippen molar-refractivity contribution >= 4 is 7.82 Å². The normalized spacial score (nSPS) is 14.0. The molecule has 1 N–H and O–H groups in total. The van der Waals surface area contributed by atoms with Crippen LogP contribution in [0.1, 0.15) is 220 Å². The second-order valence-corrected chi connectivity index (χ2v) is 14.9. The largest absolute Gasteiger partial charge is 0.473 e. The van der Waals surface area contributed by atoms with Crippen molar-refractivity contribution in [3.05, 3.63) is 0 Å². The van der Waals surface area contributed by atoms with Gasteiger partial charge in [-0.1, -0.05) is 188 Å². The minimum absolute atomic E-state index is 0.307. The van der Waals surface area contributed by atoms with Gasteiger partial charge in [-0.25, -0.2) is 4.57 Å². The fourth-order valence-electron chi connectivity index (χ4n) is 6.12. The fourth-order valence-corrected chi connectivity index (χ4v) is 7.09. The molecule has 44 heavy (non-hydrogen) atoms. The van der Waals surface area contributed by atoms with Gasteiger partial charge in [0.05, 0.1) is 6.61 Å². The van der Waals surface area contributed by atoms with E-state index in [9.17, 15) is 9.46 Å². The first-order valence-corrected chi connectivity index (χ1v) is 21.4. The second kappa shape index (κ2) is 34.4. The molecule has 266 valence electrons. The first-order chi connectivity index (χ1) is 21.5. The Balaban J connectivity index is 5.01. The van der Waals surface area contributed by atoms with Crippen molar-refractivity contribution < 1.29 is 18.5 Å². The fraction of sp³-hybridized carbons (Fsp3) is 1.00. The van der Waals surface area contributed by atoms with Gasteiger partial charge in [-0.15, -0.1) is 0 Å². The van der Waals surface area contributed by atoms with E-state index in [-0.39, 0.29) is 6.23 Å². The molecular formula is C38H80NO4P. The van der Waals surface area contributed by atoms with Crippen LogP contribution in [0.15, 0.2) is 0 Å². The van der Waals surface area contributed by atoms with Gasteiger partial charge in [-0.3, -0.25) is 13.9 Å². The van der Waals surface area contributed by atoms with Gasteiger partial charge in [-0.05, 0) is 32.1 Å². The summed E-state index contributed by atoms with van der Waals surface area (Å²) in [4.78, 5) is 13.2. The molecule has 2 atom stereocenters. The predicted octanol–water partition coefficient (Wildman–Crippen LogP) is 13.5. The summed E-state index contributed by atoms with van der Waals surface area (Å²) in [6, 6.07) is 0. The Morgan fingerprint density at radius 1 is 0.477 bits per heavy atom. The van der Waals surface area contributed by atoms with Crippen LogP contribution in [0.4, 0.5) is 0 Å². The first-order valence-electron chi connectivity index (χ1n) is 19.9. The number of unbranched alkanes of at least 4 members (excludes halogenated alkanes) is 25. The first kappa shape index (κ1) is 44.1. The summed E-state index contributed by atoms with van der Waals surface area (Å²) >= 11 is 0. The number of hydrogen-bond acceptors (Lipinski definition) is 4. The molecule has 0 aliphatic carbocycles. The Morgan fingerprint density at radius 3 is 1.18 bits per heavy atom. The molecular weight excluding hydrogens is 565 g/mol. The molecule has 0 bridgehead atoms. The zero-order chi connectivity index (χ0) is 32.4. The lowest BCUT2D eigenvalue weighted by Gasteiger charge is -2.32. The van der Waals surface area contributed by atoms with Crippen LogP contribution in [0.2, 0.25) is 0 Å². The third-order valence-corrected chi connectivity index (χ3v) is 10.1. The van der Waals surface area contributed by atoms with Gasteiger partial charge in [0.25, 0.3) is 0 Å². The summed E-state index contributed by atoms with van der Waals surface area (Å²) in [6.07, 6.45) is 36.6. The molecule has 0 spiro atoms. The third-order valence-electron chi connectivity index (χ3n) is 9.07. The average molecular weight is 646 g/mol. The molecule has 0 rings (SSSR count). The lowest BCUT2D eigenvalue weighted by Crippen LogP contribution is -2.38. The standard InChI is InChI=1S/C38H80NO4P/c1-5-9-13-17-21-22-23-24-26-30-34-38(43-44(40,41)42-37-33-29-25-18-14-10-6-2)39(35-31-27-19-15-11-7-3)36-32-28-20-16-12-8-4/h38H,5-37H2,1-4H3,(H,40,41). The molecule has 0 fully saturated rings. The number of phosphoric acid groups is 1. The van der Waals surface area contributed by atoms with Crippen molar-refractivity contribution in [2.45, 2.75) is 227 Å². The zero-order valence-electron chi connectivity index (χ0n) is 30.5. The van der Waals surface area contributed by atoms with Crippen LogP contribution in [0.3, 0.4) is 0 Å². The van der Waals surface area contributed by atoms with Crippen LogP contribution in [0.25, 0.3) is 0 Å². The third kappa shape index (κ3) is 30.7. The maximum absolute atomic E-state index is 13.2. The van der Waals surface area contributed by atoms with Gasteiger partial charge in [0, 0.05) is 13.1 Å². The lowest BCUT2D eigenvalue weighted by atomic mass is 10.1. The molecule has 5 nitrogen and oxygen atoms in total. The SMILES string of the molecule is CCCCCCCCCCCCC(OP(=O)(O)OCCCCCCCCC)N(CCCCCCCC)CCCCCCCC. The summed E-state index contributed by atoms with van der Waals surface area (Å²) in [5, 5.41) is 0. The molecule has 0 aromatic rings. The van der Waals surface area contributed by atoms with Crippen LogP contribution < -0.4 is 0 Å². The van der Waals surface area contributed by atoms with E-state index in [1.54, 1.807) is 0 Å². The van der Waals surface area contributed by atoms with Gasteiger partial charge < -0.3 is 4.89 Å². The predicted molar refractivity (Wildman–Crippen MR) is 193 cm³/mol. The molecule has 0 heterocycles. The van der Waals surface area contributed by atoms with E-state index < -0.39 is 7.82 Å². The maximum atomic E-state index is 13.2. The summed E-state index contributed by atoms with van der Waals surface area (Å²) in [7, 11) is -4.10. The molecule has 0 aromatic carbocycles. The second-order valence-electron chi connectivity index (χ2n) is 13.5. The molecule has 0 aromatic heterocycles. The topological polar surface area (TPSA) is 59.0 Å². The van der Waals surface area contributed by atoms with Gasteiger partial charge in [0.1, 0.15) is 6.23 Å². The summed E-state index contributed by atoms with van der Waals surface area (Å²) in [5.41, 5.74) is 0. The van der Waals surface area contributed by atoms with E-state index in [0.29, 0.717) is 6.61 Å². The number of nitrogens with zero attached hydrogens (tertiary/aromatic N) is 1. The molecule has 6 heteroatoms. The van der Waals surface area contributed by atoms with E-state index in [0.717, 1.165) is 51.6 Å². The number of hydrogen-bond donors (Lipinski definition) is 1. The zero-order valence-corrected chi connectivity index (χ0v) is 31.4. The Kier molecular flexibility index (Phi) is 34.5. The van der Waals surface area contributed by atoms with Crippen molar-refractivity contribution in [1.29, 1.82) is 0 Å². The van der Waals surface area contributed by atoms with E-state index in [1.807, 2.05) is 0 Å². The highest BCUT2D eigenvalue weighted by atomic mass is 31.2. The van der Waals surface area contributed by atoms with Crippen LogP contribution in [-0.4, -0.2) is 35.7 Å². The minimum atomic E-state index is -4.10. The van der Waals surface area contributed by atoms with E-state index in [1.165, 1.54) is 154 Å². The Bertz CT molecular complexity index is 589. The van der Waals surface area contributed by atoms with E-state index in [2.05, 4.69) is 32.6 Å². The van der Waals surface area contributed by atoms with Crippen molar-refractivity contribution in [2.24, 2.45) is 0 Å². The minimum Gasteiger partial charge on any atom is -0.302 e. The van der Waals surface area contributed by atoms with Crippen LogP contribution in [0.5, 0.6) is 0 Å². The highest BCUT2D eigenvalue weighted by Crippen LogP contribution is 2.46. The molecule has 0 radical (unpaired) electrons. The highest BCUT2D eigenvalue weighted by molar-refractivity contribution is 7.47. The number of phosphoric ester groups is 1. The molecule has 0 amide bonds. The highest BCUT2D eigenvalue weighted by Gasteiger charge is 2.30. The van der Waals surface area contributed by atoms with Crippen molar-refractivity contribution in [3.63, 3.8) is 0 Å². The van der Waals surface area contributed by atoms with Crippen LogP contribution in [-0.2, 0) is 13.6 Å². The van der Waals surface area contributed by atoms with Crippen LogP contribution in [0, 0.1) is 0 Å². The molecule has 0 aliphatic heterocycles. The maximum Gasteiger partial charge on any atom is 0.473 e. The summed E-state index contributed by atoms with van der Waals surface area (Å²) in [5.74, 6) is 0. The smallest absolute Gasteiger partial charge is 0.302 e. The Labute approximate surface area is 277 Å². The Hall–Kier alpha value is 0.0700. The molecule has 2 unspecified atom stereocenters. The van der Waals surface area contributed by atoms with Gasteiger partial charge >= 0.3 is 7.82 Å². The Morgan fingerprint density at radius 2 is 0.795 bits per heavy atom. The van der Waals surface area contributed by atoms with Crippen molar-refractivity contribution in [3.8, 4) is 0 Å². The molecule has 0 aliphatic rings. The monoisotopic (exact) mass is 646 g/mol.